The second-order valence-electron chi connectivity index (χ2n) is 9.37. The number of carbonyl (C=O) groups excluding carboxylic acids is 1. The quantitative estimate of drug-likeness (QED) is 0.525. The third kappa shape index (κ3) is 3.43. The Labute approximate surface area is 197 Å². The van der Waals surface area contributed by atoms with Gasteiger partial charge in [0.15, 0.2) is 11.6 Å². The Bertz CT molecular complexity index is 1270. The SMILES string of the molecule is O=C(N1Cc2cc(Cl)ccc2-c2c(C3CC4(C3)CN(c3cccnn3)C4)noc2C1)C(F)(F)F. The van der Waals surface area contributed by atoms with E-state index in [1.54, 1.807) is 24.4 Å². The van der Waals surface area contributed by atoms with Gasteiger partial charge in [-0.3, -0.25) is 4.79 Å². The highest BCUT2D eigenvalue weighted by molar-refractivity contribution is 6.30. The van der Waals surface area contributed by atoms with E-state index in [9.17, 15) is 18.0 Å². The van der Waals surface area contributed by atoms with Gasteiger partial charge in [0, 0.05) is 42.2 Å². The van der Waals surface area contributed by atoms with Crippen LogP contribution < -0.4 is 4.90 Å². The van der Waals surface area contributed by atoms with Crippen LogP contribution in [0.15, 0.2) is 41.1 Å². The minimum absolute atomic E-state index is 0.130. The van der Waals surface area contributed by atoms with Crippen molar-refractivity contribution in [3.8, 4) is 11.1 Å². The zero-order valence-electron chi connectivity index (χ0n) is 17.8. The molecule has 3 aromatic rings. The van der Waals surface area contributed by atoms with Crippen molar-refractivity contribution in [2.75, 3.05) is 18.0 Å². The first-order valence-electron chi connectivity index (χ1n) is 10.9. The molecule has 3 aliphatic rings. The van der Waals surface area contributed by atoms with E-state index in [0.29, 0.717) is 21.7 Å². The van der Waals surface area contributed by atoms with Gasteiger partial charge in [0.1, 0.15) is 0 Å². The van der Waals surface area contributed by atoms with E-state index in [4.69, 9.17) is 16.1 Å². The Morgan fingerprint density at radius 3 is 2.68 bits per heavy atom. The molecule has 1 spiro atoms. The molecule has 0 N–H and O–H groups in total. The third-order valence-electron chi connectivity index (χ3n) is 7.03. The molecule has 1 saturated heterocycles. The van der Waals surface area contributed by atoms with Crippen molar-refractivity contribution >= 4 is 23.3 Å². The fourth-order valence-electron chi connectivity index (χ4n) is 5.53. The van der Waals surface area contributed by atoms with Gasteiger partial charge in [-0.2, -0.15) is 18.3 Å². The van der Waals surface area contributed by atoms with Gasteiger partial charge in [0.05, 0.1) is 17.8 Å². The number of benzene rings is 1. The minimum Gasteiger partial charge on any atom is -0.359 e. The first-order chi connectivity index (χ1) is 16.2. The Morgan fingerprint density at radius 2 is 1.97 bits per heavy atom. The number of halogens is 4. The largest absolute Gasteiger partial charge is 0.471 e. The highest BCUT2D eigenvalue weighted by Crippen LogP contribution is 2.58. The lowest BCUT2D eigenvalue weighted by Gasteiger charge is -2.59. The van der Waals surface area contributed by atoms with Crippen LogP contribution in [-0.2, 0) is 17.9 Å². The number of amides is 1. The second-order valence-corrected chi connectivity index (χ2v) is 9.81. The maximum atomic E-state index is 13.2. The lowest BCUT2D eigenvalue weighted by atomic mass is 9.56. The van der Waals surface area contributed by atoms with Gasteiger partial charge in [-0.1, -0.05) is 22.8 Å². The maximum absolute atomic E-state index is 13.2. The van der Waals surface area contributed by atoms with Gasteiger partial charge in [0.2, 0.25) is 0 Å². The Kier molecular flexibility index (Phi) is 4.68. The van der Waals surface area contributed by atoms with Gasteiger partial charge in [-0.15, -0.1) is 5.10 Å². The minimum atomic E-state index is -4.98. The number of aromatic nitrogens is 3. The van der Waals surface area contributed by atoms with Crippen LogP contribution in [0.5, 0.6) is 0 Å². The van der Waals surface area contributed by atoms with Crippen LogP contribution in [0.4, 0.5) is 19.0 Å². The monoisotopic (exact) mass is 489 g/mol. The fourth-order valence-corrected chi connectivity index (χ4v) is 5.73. The number of nitrogens with zero attached hydrogens (tertiary/aromatic N) is 5. The van der Waals surface area contributed by atoms with Crippen LogP contribution in [0.25, 0.3) is 11.1 Å². The van der Waals surface area contributed by atoms with E-state index in [1.807, 2.05) is 12.1 Å². The molecule has 11 heteroatoms. The topological polar surface area (TPSA) is 75.4 Å². The Hall–Kier alpha value is -3.14. The number of rotatable bonds is 2. The van der Waals surface area contributed by atoms with Crippen LogP contribution in [0.2, 0.25) is 5.02 Å². The summed E-state index contributed by atoms with van der Waals surface area (Å²) in [5.74, 6) is -0.660. The predicted octanol–water partition coefficient (Wildman–Crippen LogP) is 4.57. The average molecular weight is 490 g/mol. The molecule has 1 amide bonds. The number of alkyl halides is 3. The molecule has 1 aliphatic carbocycles. The molecule has 1 aromatic carbocycles. The number of hydrogen-bond acceptors (Lipinski definition) is 6. The number of fused-ring (bicyclic) bond motifs is 3. The van der Waals surface area contributed by atoms with E-state index in [1.165, 1.54) is 0 Å². The first-order valence-corrected chi connectivity index (χ1v) is 11.3. The normalized spacial score (nSPS) is 19.2. The van der Waals surface area contributed by atoms with Gasteiger partial charge in [0.25, 0.3) is 0 Å². The average Bonchev–Trinajstić information content (AvgIpc) is 3.06. The highest BCUT2D eigenvalue weighted by atomic mass is 35.5. The molecule has 4 heterocycles. The van der Waals surface area contributed by atoms with Crippen LogP contribution in [-0.4, -0.2) is 45.4 Å². The smallest absolute Gasteiger partial charge is 0.359 e. The van der Waals surface area contributed by atoms with Gasteiger partial charge >= 0.3 is 12.1 Å². The summed E-state index contributed by atoms with van der Waals surface area (Å²) in [5.41, 5.74) is 2.85. The van der Waals surface area contributed by atoms with Crippen LogP contribution in [0, 0.1) is 5.41 Å². The molecule has 1 saturated carbocycles. The van der Waals surface area contributed by atoms with Crippen molar-refractivity contribution < 1.29 is 22.5 Å². The Morgan fingerprint density at radius 1 is 1.18 bits per heavy atom. The molecule has 7 nitrogen and oxygen atoms in total. The van der Waals surface area contributed by atoms with E-state index in [2.05, 4.69) is 20.3 Å². The van der Waals surface area contributed by atoms with Crippen molar-refractivity contribution in [3.63, 3.8) is 0 Å². The highest BCUT2D eigenvalue weighted by Gasteiger charge is 2.54. The van der Waals surface area contributed by atoms with Crippen molar-refractivity contribution in [3.05, 3.63) is 58.6 Å². The second kappa shape index (κ2) is 7.43. The van der Waals surface area contributed by atoms with Crippen LogP contribution in [0.1, 0.15) is 35.8 Å². The van der Waals surface area contributed by atoms with Gasteiger partial charge in [-0.25, -0.2) is 0 Å². The number of carbonyl (C=O) groups is 1. The standard InChI is InChI=1S/C23H19ClF3N5O2/c24-15-3-4-16-13(6-15)9-31(21(33)23(25,26)27)10-17-19(16)20(30-34-17)14-7-22(8-14)11-32(12-22)18-2-1-5-28-29-18/h1-6,14H,7-12H2. The summed E-state index contributed by atoms with van der Waals surface area (Å²) in [6, 6.07) is 8.86. The summed E-state index contributed by atoms with van der Waals surface area (Å²) >= 11 is 6.14. The first kappa shape index (κ1) is 21.4. The molecular formula is C23H19ClF3N5O2. The maximum Gasteiger partial charge on any atom is 0.471 e. The van der Waals surface area contributed by atoms with E-state index >= 15 is 0 Å². The van der Waals surface area contributed by atoms with Gasteiger partial charge < -0.3 is 14.3 Å². The zero-order chi connectivity index (χ0) is 23.7. The molecular weight excluding hydrogens is 471 g/mol. The summed E-state index contributed by atoms with van der Waals surface area (Å²) in [4.78, 5) is 15.0. The molecule has 2 fully saturated rings. The fraction of sp³-hybridized carbons (Fsp3) is 0.391. The van der Waals surface area contributed by atoms with Crippen molar-refractivity contribution in [2.24, 2.45) is 5.41 Å². The van der Waals surface area contributed by atoms with Crippen LogP contribution >= 0.6 is 11.6 Å². The van der Waals surface area contributed by atoms with Crippen molar-refractivity contribution in [1.82, 2.24) is 20.3 Å². The summed E-state index contributed by atoms with van der Waals surface area (Å²) < 4.78 is 45.2. The molecule has 34 heavy (non-hydrogen) atoms. The van der Waals surface area contributed by atoms with Crippen LogP contribution in [0.3, 0.4) is 0 Å². The molecule has 2 aliphatic heterocycles. The zero-order valence-corrected chi connectivity index (χ0v) is 18.6. The van der Waals surface area contributed by atoms with Crippen molar-refractivity contribution in [2.45, 2.75) is 38.0 Å². The van der Waals surface area contributed by atoms with E-state index in [-0.39, 0.29) is 30.2 Å². The summed E-state index contributed by atoms with van der Waals surface area (Å²) in [6.07, 6.45) is -1.54. The molecule has 0 radical (unpaired) electrons. The van der Waals surface area contributed by atoms with Gasteiger partial charge in [-0.05, 0) is 48.2 Å². The van der Waals surface area contributed by atoms with Crippen molar-refractivity contribution in [1.29, 1.82) is 0 Å². The summed E-state index contributed by atoms with van der Waals surface area (Å²) in [6.45, 7) is 1.25. The summed E-state index contributed by atoms with van der Waals surface area (Å²) in [5, 5.41) is 12.8. The summed E-state index contributed by atoms with van der Waals surface area (Å²) in [7, 11) is 0. The lowest BCUT2D eigenvalue weighted by molar-refractivity contribution is -0.187. The molecule has 0 unspecified atom stereocenters. The number of anilines is 1. The third-order valence-corrected chi connectivity index (χ3v) is 7.27. The molecule has 176 valence electrons. The molecule has 2 aromatic heterocycles. The Balaban J connectivity index is 1.27. The lowest BCUT2D eigenvalue weighted by Crippen LogP contribution is -2.62. The molecule has 6 rings (SSSR count). The molecule has 0 bridgehead atoms. The number of hydrogen-bond donors (Lipinski definition) is 0. The van der Waals surface area contributed by atoms with E-state index in [0.717, 1.165) is 42.3 Å². The van der Waals surface area contributed by atoms with E-state index < -0.39 is 12.1 Å². The molecule has 0 atom stereocenters. The predicted molar refractivity (Wildman–Crippen MR) is 116 cm³/mol.